The highest BCUT2D eigenvalue weighted by Crippen LogP contribution is 2.39. The third-order valence-electron chi connectivity index (χ3n) is 6.88. The van der Waals surface area contributed by atoms with Crippen LogP contribution in [0.3, 0.4) is 0 Å². The average Bonchev–Trinajstić information content (AvgIpc) is 3.26. The number of nitrogens with zero attached hydrogens (tertiary/aromatic N) is 4. The maximum atomic E-state index is 13.4. The van der Waals surface area contributed by atoms with Crippen molar-refractivity contribution < 1.29 is 22.8 Å². The number of amides is 3. The number of carbonyl (C=O) groups is 2. The summed E-state index contributed by atoms with van der Waals surface area (Å²) in [5.41, 5.74) is -0.864. The molecule has 0 bridgehead atoms. The highest BCUT2D eigenvalue weighted by molar-refractivity contribution is 5.81. The third-order valence-corrected chi connectivity index (χ3v) is 6.88. The molecule has 186 valence electrons. The van der Waals surface area contributed by atoms with Crippen molar-refractivity contribution in [2.75, 3.05) is 51.7 Å². The van der Waals surface area contributed by atoms with Gasteiger partial charge < -0.3 is 20.0 Å². The molecule has 2 heterocycles. The van der Waals surface area contributed by atoms with Gasteiger partial charge >= 0.3 is 12.2 Å². The van der Waals surface area contributed by atoms with E-state index in [-0.39, 0.29) is 35.3 Å². The Morgan fingerprint density at radius 2 is 1.88 bits per heavy atom. The highest BCUT2D eigenvalue weighted by Gasteiger charge is 2.44. The van der Waals surface area contributed by atoms with E-state index in [1.54, 1.807) is 36.0 Å². The lowest BCUT2D eigenvalue weighted by molar-refractivity contribution is -0.137. The lowest BCUT2D eigenvalue weighted by Crippen LogP contribution is -2.41. The fourth-order valence-electron chi connectivity index (χ4n) is 5.06. The zero-order chi connectivity index (χ0) is 25.0. The molecule has 2 fully saturated rings. The van der Waals surface area contributed by atoms with E-state index in [4.69, 9.17) is 5.26 Å². The van der Waals surface area contributed by atoms with Gasteiger partial charge in [0.25, 0.3) is 0 Å². The number of alkyl halides is 3. The van der Waals surface area contributed by atoms with E-state index in [9.17, 15) is 22.8 Å². The molecule has 2 aliphatic heterocycles. The second-order valence-electron chi connectivity index (χ2n) is 9.30. The molecule has 0 saturated carbocycles. The van der Waals surface area contributed by atoms with Gasteiger partial charge in [0.1, 0.15) is 0 Å². The lowest BCUT2D eigenvalue weighted by Gasteiger charge is -2.38. The summed E-state index contributed by atoms with van der Waals surface area (Å²) in [6, 6.07) is 5.29. The Labute approximate surface area is 198 Å². The predicted molar refractivity (Wildman–Crippen MR) is 122 cm³/mol. The van der Waals surface area contributed by atoms with Gasteiger partial charge in [-0.05, 0) is 49.3 Å². The number of piperidine rings is 1. The number of nitriles is 1. The number of hydrogen-bond acceptors (Lipinski definition) is 4. The minimum atomic E-state index is -4.59. The molecule has 0 spiro atoms. The summed E-state index contributed by atoms with van der Waals surface area (Å²) in [4.78, 5) is 30.6. The molecule has 3 rings (SSSR count). The smallest absolute Gasteiger partial charge is 0.372 e. The Bertz CT molecular complexity index is 936. The molecule has 1 aromatic carbocycles. The third kappa shape index (κ3) is 5.57. The predicted octanol–water partition coefficient (Wildman–Crippen LogP) is 3.55. The largest absolute Gasteiger partial charge is 0.417 e. The second-order valence-corrected chi connectivity index (χ2v) is 9.30. The number of carbonyl (C=O) groups excluding carboxylic acids is 2. The molecule has 7 nitrogen and oxygen atoms in total. The van der Waals surface area contributed by atoms with Crippen LogP contribution in [0.1, 0.15) is 37.3 Å². The summed E-state index contributed by atoms with van der Waals surface area (Å²) < 4.78 is 40.1. The summed E-state index contributed by atoms with van der Waals surface area (Å²) in [5, 5.41) is 11.9. The molecule has 2 saturated heterocycles. The summed E-state index contributed by atoms with van der Waals surface area (Å²) in [7, 11) is 3.43. The van der Waals surface area contributed by atoms with Gasteiger partial charge in [0, 0.05) is 52.5 Å². The van der Waals surface area contributed by atoms with E-state index >= 15 is 0 Å². The first-order valence-electron chi connectivity index (χ1n) is 11.7. The van der Waals surface area contributed by atoms with E-state index in [1.165, 1.54) is 6.07 Å². The van der Waals surface area contributed by atoms with E-state index < -0.39 is 11.7 Å². The Morgan fingerprint density at radius 1 is 1.21 bits per heavy atom. The molecule has 1 aromatic rings. The molecule has 0 aliphatic carbocycles. The zero-order valence-corrected chi connectivity index (χ0v) is 19.9. The summed E-state index contributed by atoms with van der Waals surface area (Å²) >= 11 is 0. The summed E-state index contributed by atoms with van der Waals surface area (Å²) in [6.07, 6.45) is -2.33. The molecule has 0 aromatic heterocycles. The molecular formula is C24H32F3N5O2. The SMILES string of the molecule is CCCNC(=O)N1C[C@@H](C(=O)N(C)C)[C@H](C2CCN(c3ccc(C#N)c(C(F)(F)F)c3)CC2)C1. The average molecular weight is 480 g/mol. The van der Waals surface area contributed by atoms with Gasteiger partial charge in [-0.25, -0.2) is 4.79 Å². The Balaban J connectivity index is 1.72. The topological polar surface area (TPSA) is 79.7 Å². The number of nitrogens with one attached hydrogen (secondary N) is 1. The normalized spacial score (nSPS) is 21.3. The van der Waals surface area contributed by atoms with Crippen LogP contribution >= 0.6 is 0 Å². The minimum Gasteiger partial charge on any atom is -0.372 e. The number of anilines is 1. The number of halogens is 3. The van der Waals surface area contributed by atoms with Crippen molar-refractivity contribution in [3.8, 4) is 6.07 Å². The molecule has 0 radical (unpaired) electrons. The van der Waals surface area contributed by atoms with Crippen LogP contribution in [0.15, 0.2) is 18.2 Å². The van der Waals surface area contributed by atoms with Crippen LogP contribution in [0.4, 0.5) is 23.7 Å². The first-order chi connectivity index (χ1) is 16.1. The van der Waals surface area contributed by atoms with Crippen LogP contribution in [-0.2, 0) is 11.0 Å². The van der Waals surface area contributed by atoms with Crippen molar-refractivity contribution in [3.05, 3.63) is 29.3 Å². The summed E-state index contributed by atoms with van der Waals surface area (Å²) in [6.45, 7) is 4.53. The molecule has 10 heteroatoms. The van der Waals surface area contributed by atoms with Crippen LogP contribution < -0.4 is 10.2 Å². The van der Waals surface area contributed by atoms with Crippen molar-refractivity contribution in [2.24, 2.45) is 17.8 Å². The Morgan fingerprint density at radius 3 is 2.44 bits per heavy atom. The van der Waals surface area contributed by atoms with Gasteiger partial charge in [-0.2, -0.15) is 18.4 Å². The van der Waals surface area contributed by atoms with Gasteiger partial charge in [-0.15, -0.1) is 0 Å². The van der Waals surface area contributed by atoms with Gasteiger partial charge in [-0.1, -0.05) is 6.92 Å². The fraction of sp³-hybridized carbons (Fsp3) is 0.625. The molecule has 1 N–H and O–H groups in total. The number of benzene rings is 1. The van der Waals surface area contributed by atoms with E-state index in [0.717, 1.165) is 12.5 Å². The first kappa shape index (κ1) is 25.7. The monoisotopic (exact) mass is 479 g/mol. The number of hydrogen-bond donors (Lipinski definition) is 1. The zero-order valence-electron chi connectivity index (χ0n) is 19.9. The van der Waals surface area contributed by atoms with Crippen molar-refractivity contribution in [2.45, 2.75) is 32.4 Å². The van der Waals surface area contributed by atoms with Crippen LogP contribution in [0.5, 0.6) is 0 Å². The first-order valence-corrected chi connectivity index (χ1v) is 11.7. The van der Waals surface area contributed by atoms with Crippen molar-refractivity contribution in [1.29, 1.82) is 5.26 Å². The maximum absolute atomic E-state index is 13.4. The molecular weight excluding hydrogens is 447 g/mol. The van der Waals surface area contributed by atoms with Crippen molar-refractivity contribution in [1.82, 2.24) is 15.1 Å². The second kappa shape index (κ2) is 10.5. The van der Waals surface area contributed by atoms with Crippen LogP contribution in [0.2, 0.25) is 0 Å². The van der Waals surface area contributed by atoms with Crippen LogP contribution in [-0.4, -0.2) is 68.6 Å². The Hall–Kier alpha value is -2.96. The van der Waals surface area contributed by atoms with Crippen molar-refractivity contribution >= 4 is 17.6 Å². The van der Waals surface area contributed by atoms with E-state index in [0.29, 0.717) is 51.3 Å². The van der Waals surface area contributed by atoms with Gasteiger partial charge in [0.15, 0.2) is 0 Å². The Kier molecular flexibility index (Phi) is 7.95. The van der Waals surface area contributed by atoms with E-state index in [2.05, 4.69) is 5.32 Å². The quantitative estimate of drug-likeness (QED) is 0.701. The standard InChI is InChI=1S/C24H32F3N5O2/c1-4-9-29-23(34)32-14-19(20(15-32)22(33)30(2)3)16-7-10-31(11-8-16)18-6-5-17(13-28)21(12-18)24(25,26)27/h5-6,12,16,19-20H,4,7-11,14-15H2,1-3H3,(H,29,34)/t19-,20+/m0/s1. The fourth-order valence-corrected chi connectivity index (χ4v) is 5.06. The number of rotatable bonds is 5. The lowest BCUT2D eigenvalue weighted by atomic mass is 9.78. The molecule has 34 heavy (non-hydrogen) atoms. The van der Waals surface area contributed by atoms with Crippen LogP contribution in [0.25, 0.3) is 0 Å². The molecule has 2 aliphatic rings. The van der Waals surface area contributed by atoms with Gasteiger partial charge in [0.05, 0.1) is 23.1 Å². The molecule has 2 atom stereocenters. The van der Waals surface area contributed by atoms with E-state index in [1.807, 2.05) is 11.8 Å². The summed E-state index contributed by atoms with van der Waals surface area (Å²) in [5.74, 6) is -0.0866. The maximum Gasteiger partial charge on any atom is 0.417 e. The van der Waals surface area contributed by atoms with Gasteiger partial charge in [0.2, 0.25) is 5.91 Å². The highest BCUT2D eigenvalue weighted by atomic mass is 19.4. The number of likely N-dealkylation sites (tertiary alicyclic amines) is 1. The van der Waals surface area contributed by atoms with Crippen LogP contribution in [0, 0.1) is 29.1 Å². The van der Waals surface area contributed by atoms with Gasteiger partial charge in [-0.3, -0.25) is 4.79 Å². The number of urea groups is 1. The molecule has 0 unspecified atom stereocenters. The van der Waals surface area contributed by atoms with Crippen molar-refractivity contribution in [3.63, 3.8) is 0 Å². The minimum absolute atomic E-state index is 0.000123. The molecule has 3 amide bonds.